The topological polar surface area (TPSA) is 41.7 Å². The Bertz CT molecular complexity index is 683. The monoisotopic (exact) mass is 328 g/mol. The minimum atomic E-state index is -0.330. The molecule has 5 heteroatoms. The van der Waals surface area contributed by atoms with Crippen molar-refractivity contribution >= 4 is 27.2 Å². The Morgan fingerprint density at radius 2 is 1.96 bits per heavy atom. The van der Waals surface area contributed by atoms with Gasteiger partial charge < -0.3 is 9.69 Å². The molecule has 2 aliphatic rings. The molecular weight excluding hydrogens is 308 g/mol. The molecule has 2 heterocycles. The highest BCUT2D eigenvalue weighted by Crippen LogP contribution is 2.30. The zero-order chi connectivity index (χ0) is 16.2. The predicted molar refractivity (Wildman–Crippen MR) is 93.1 cm³/mol. The standard InChI is InChI=1S/C18H20N2O2S/c1-19-18(23-9-5-6-10-23)17(22)15-11-16(21)20(13-15)12-14-7-3-2-4-8-14/h2-4,7-8,15H,5-6,9-13H2. The Hall–Kier alpha value is -1.93. The number of nitrogens with zero attached hydrogens (tertiary/aromatic N) is 2. The van der Waals surface area contributed by atoms with E-state index in [0.29, 0.717) is 18.1 Å². The molecule has 0 spiro atoms. The second kappa shape index (κ2) is 7.10. The fraction of sp³-hybridized carbons (Fsp3) is 0.444. The van der Waals surface area contributed by atoms with E-state index in [0.717, 1.165) is 29.9 Å². The Morgan fingerprint density at radius 3 is 2.61 bits per heavy atom. The van der Waals surface area contributed by atoms with Crippen molar-refractivity contribution in [3.63, 3.8) is 0 Å². The molecule has 0 radical (unpaired) electrons. The van der Waals surface area contributed by atoms with Crippen LogP contribution in [0.1, 0.15) is 24.8 Å². The average Bonchev–Trinajstić information content (AvgIpc) is 3.20. The molecule has 1 aromatic carbocycles. The van der Waals surface area contributed by atoms with Crippen molar-refractivity contribution in [1.82, 2.24) is 4.90 Å². The maximum absolute atomic E-state index is 12.7. The van der Waals surface area contributed by atoms with E-state index in [1.54, 1.807) is 4.90 Å². The second-order valence-corrected chi connectivity index (χ2v) is 8.24. The van der Waals surface area contributed by atoms with Crippen molar-refractivity contribution < 1.29 is 9.59 Å². The van der Waals surface area contributed by atoms with Gasteiger partial charge in [-0.15, -0.1) is 0 Å². The third kappa shape index (κ3) is 3.53. The molecule has 2 aliphatic heterocycles. The Kier molecular flexibility index (Phi) is 4.92. The fourth-order valence-electron chi connectivity index (χ4n) is 3.19. The summed E-state index contributed by atoms with van der Waals surface area (Å²) in [5.41, 5.74) is 1.07. The highest BCUT2D eigenvalue weighted by atomic mass is 32.2. The molecule has 0 bridgehead atoms. The van der Waals surface area contributed by atoms with Crippen molar-refractivity contribution in [2.45, 2.75) is 25.8 Å². The van der Waals surface area contributed by atoms with Crippen LogP contribution in [0, 0.1) is 12.5 Å². The number of hydrogen-bond donors (Lipinski definition) is 0. The first-order valence-electron chi connectivity index (χ1n) is 7.97. The normalized spacial score (nSPS) is 21.4. The van der Waals surface area contributed by atoms with Crippen molar-refractivity contribution in [3.05, 3.63) is 47.3 Å². The van der Waals surface area contributed by atoms with Gasteiger partial charge in [-0.3, -0.25) is 4.79 Å². The number of amides is 1. The number of ketones is 1. The Labute approximate surface area is 139 Å². The third-order valence-electron chi connectivity index (χ3n) is 4.42. The Balaban J connectivity index is 1.71. The van der Waals surface area contributed by atoms with Crippen LogP contribution in [0.15, 0.2) is 30.3 Å². The summed E-state index contributed by atoms with van der Waals surface area (Å²) in [6.07, 6.45) is 2.47. The number of carbonyl (C=O) groups excluding carboxylic acids is 2. The van der Waals surface area contributed by atoms with Gasteiger partial charge in [0.25, 0.3) is 4.99 Å². The zero-order valence-electron chi connectivity index (χ0n) is 13.0. The van der Waals surface area contributed by atoms with E-state index in [1.807, 2.05) is 30.3 Å². The predicted octanol–water partition coefficient (Wildman–Crippen LogP) is 2.72. The molecule has 1 amide bonds. The number of hydrogen-bond acceptors (Lipinski definition) is 2. The molecule has 2 fully saturated rings. The van der Waals surface area contributed by atoms with Gasteiger partial charge in [-0.05, 0) is 29.9 Å². The van der Waals surface area contributed by atoms with E-state index in [2.05, 4.69) is 4.85 Å². The van der Waals surface area contributed by atoms with Crippen LogP contribution in [0.4, 0.5) is 0 Å². The van der Waals surface area contributed by atoms with Gasteiger partial charge in [-0.25, -0.2) is 4.85 Å². The van der Waals surface area contributed by atoms with Crippen LogP contribution in [0.2, 0.25) is 0 Å². The lowest BCUT2D eigenvalue weighted by molar-refractivity contribution is -0.128. The largest absolute Gasteiger partial charge is 0.338 e. The summed E-state index contributed by atoms with van der Waals surface area (Å²) in [4.78, 5) is 30.6. The van der Waals surface area contributed by atoms with E-state index in [1.165, 1.54) is 0 Å². The van der Waals surface area contributed by atoms with Crippen molar-refractivity contribution in [3.8, 4) is 0 Å². The van der Waals surface area contributed by atoms with Crippen LogP contribution in [0.3, 0.4) is 0 Å². The molecule has 0 N–H and O–H groups in total. The summed E-state index contributed by atoms with van der Waals surface area (Å²) in [6.45, 7) is 8.37. The number of carbonyl (C=O) groups is 2. The summed E-state index contributed by atoms with van der Waals surface area (Å²) in [7, 11) is -0.168. The van der Waals surface area contributed by atoms with E-state index in [-0.39, 0.29) is 34.5 Å². The summed E-state index contributed by atoms with van der Waals surface area (Å²) in [5, 5.41) is 0. The first kappa shape index (κ1) is 15.9. The maximum atomic E-state index is 12.7. The molecule has 1 atom stereocenters. The van der Waals surface area contributed by atoms with Gasteiger partial charge in [0.2, 0.25) is 5.91 Å². The minimum Gasteiger partial charge on any atom is -0.338 e. The minimum absolute atomic E-state index is 0.0197. The number of rotatable bonds is 4. The third-order valence-corrected chi connectivity index (χ3v) is 6.82. The van der Waals surface area contributed by atoms with Gasteiger partial charge in [0.05, 0.1) is 6.57 Å². The van der Waals surface area contributed by atoms with Gasteiger partial charge in [0.1, 0.15) is 0 Å². The van der Waals surface area contributed by atoms with Crippen molar-refractivity contribution in [2.24, 2.45) is 5.92 Å². The highest BCUT2D eigenvalue weighted by Gasteiger charge is 2.36. The highest BCUT2D eigenvalue weighted by molar-refractivity contribution is 8.17. The number of benzene rings is 1. The molecule has 1 aromatic rings. The molecule has 4 nitrogen and oxygen atoms in total. The summed E-state index contributed by atoms with van der Waals surface area (Å²) in [6, 6.07) is 9.81. The van der Waals surface area contributed by atoms with Crippen molar-refractivity contribution in [1.29, 1.82) is 0 Å². The quantitative estimate of drug-likeness (QED) is 0.630. The van der Waals surface area contributed by atoms with Crippen molar-refractivity contribution in [2.75, 3.05) is 18.1 Å². The van der Waals surface area contributed by atoms with E-state index in [9.17, 15) is 9.59 Å². The summed E-state index contributed by atoms with van der Waals surface area (Å²) < 4.78 is 0. The molecule has 2 saturated heterocycles. The first-order valence-corrected chi connectivity index (χ1v) is 9.53. The van der Waals surface area contributed by atoms with Crippen LogP contribution in [-0.2, 0) is 16.1 Å². The zero-order valence-corrected chi connectivity index (χ0v) is 13.8. The molecule has 0 aromatic heterocycles. The summed E-state index contributed by atoms with van der Waals surface area (Å²) in [5.74, 6) is 1.55. The number of likely N-dealkylation sites (tertiary alicyclic amines) is 1. The molecule has 0 aliphatic carbocycles. The van der Waals surface area contributed by atoms with Gasteiger partial charge in [0, 0.05) is 25.4 Å². The van der Waals surface area contributed by atoms with E-state index >= 15 is 0 Å². The fourth-order valence-corrected chi connectivity index (χ4v) is 5.47. The van der Waals surface area contributed by atoms with Crippen LogP contribution < -0.4 is 0 Å². The lowest BCUT2D eigenvalue weighted by atomic mass is 10.0. The van der Waals surface area contributed by atoms with Crippen LogP contribution in [-0.4, -0.2) is 39.6 Å². The molecule has 120 valence electrons. The van der Waals surface area contributed by atoms with E-state index in [4.69, 9.17) is 6.57 Å². The molecular formula is C18H20N2O2S. The van der Waals surface area contributed by atoms with Gasteiger partial charge >= 0.3 is 0 Å². The summed E-state index contributed by atoms with van der Waals surface area (Å²) >= 11 is 0. The van der Waals surface area contributed by atoms with Gasteiger partial charge in [-0.1, -0.05) is 30.3 Å². The lowest BCUT2D eigenvalue weighted by Gasteiger charge is -2.16. The molecule has 1 unspecified atom stereocenters. The number of Topliss-reactive ketones (excluding diaryl/α,β-unsaturated/α-hetero) is 1. The van der Waals surface area contributed by atoms with Crippen LogP contribution >= 0.6 is 10.5 Å². The second-order valence-electron chi connectivity index (χ2n) is 6.05. The average molecular weight is 328 g/mol. The van der Waals surface area contributed by atoms with Crippen LogP contribution in [0.5, 0.6) is 0 Å². The lowest BCUT2D eigenvalue weighted by Crippen LogP contribution is -2.27. The SMILES string of the molecule is [C-]#[N+]C(C(=O)C1CC(=O)N(Cc2ccccc2)C1)=S1CCCC1. The maximum Gasteiger partial charge on any atom is 0.255 e. The van der Waals surface area contributed by atoms with Gasteiger partial charge in [0.15, 0.2) is 5.78 Å². The Morgan fingerprint density at radius 1 is 1.26 bits per heavy atom. The molecule has 23 heavy (non-hydrogen) atoms. The van der Waals surface area contributed by atoms with Crippen LogP contribution in [0.25, 0.3) is 4.85 Å². The molecule has 0 saturated carbocycles. The van der Waals surface area contributed by atoms with Gasteiger partial charge in [-0.2, -0.15) is 10.5 Å². The molecule has 3 rings (SSSR count). The first-order chi connectivity index (χ1) is 11.2. The van der Waals surface area contributed by atoms with E-state index < -0.39 is 0 Å². The smallest absolute Gasteiger partial charge is 0.255 e.